The quantitative estimate of drug-likeness (QED) is 0.523. The zero-order valence-electron chi connectivity index (χ0n) is 4.03. The highest BCUT2D eigenvalue weighted by atomic mass is 19.3. The van der Waals surface area contributed by atoms with Crippen LogP contribution in [-0.2, 0) is 4.74 Å². The van der Waals surface area contributed by atoms with Crippen molar-refractivity contribution < 1.29 is 17.9 Å². The van der Waals surface area contributed by atoms with Crippen LogP contribution in [-0.4, -0.2) is 13.5 Å². The summed E-state index contributed by atoms with van der Waals surface area (Å²) in [6.45, 7) is -1.39. The van der Waals surface area contributed by atoms with E-state index in [-0.39, 0.29) is 6.61 Å². The van der Waals surface area contributed by atoms with Crippen molar-refractivity contribution >= 4 is 0 Å². The zero-order valence-corrected chi connectivity index (χ0v) is 4.03. The van der Waals surface area contributed by atoms with Gasteiger partial charge in [0.05, 0.1) is 6.61 Å². The fourth-order valence-corrected chi connectivity index (χ4v) is 0.166. The number of hydrogen-bond donors (Lipinski definition) is 0. The van der Waals surface area contributed by atoms with Crippen molar-refractivity contribution in [3.8, 4) is 0 Å². The molecule has 0 bridgehead atoms. The Bertz CT molecular complexity index is 77.4. The first-order valence-electron chi connectivity index (χ1n) is 1.92. The van der Waals surface area contributed by atoms with E-state index in [0.717, 1.165) is 0 Å². The van der Waals surface area contributed by atoms with Crippen LogP contribution in [0.15, 0.2) is 12.2 Å². The Morgan fingerprint density at radius 3 is 2.50 bits per heavy atom. The lowest BCUT2D eigenvalue weighted by Crippen LogP contribution is -1.86. The number of hydrogen-bond acceptors (Lipinski definition) is 1. The average molecular weight is 126 g/mol. The SMILES string of the molecule is FCOCC=C(F)F. The van der Waals surface area contributed by atoms with Gasteiger partial charge in [-0.1, -0.05) is 0 Å². The van der Waals surface area contributed by atoms with Crippen LogP contribution in [0.25, 0.3) is 0 Å². The standard InChI is InChI=1S/C4H5F3O/c5-3-8-2-1-4(6)7/h1H,2-3H2. The molecule has 0 aromatic rings. The van der Waals surface area contributed by atoms with E-state index in [4.69, 9.17) is 0 Å². The zero-order chi connectivity index (χ0) is 6.41. The van der Waals surface area contributed by atoms with Crippen molar-refractivity contribution in [1.82, 2.24) is 0 Å². The second kappa shape index (κ2) is 4.64. The molecule has 0 amide bonds. The third-order valence-corrected chi connectivity index (χ3v) is 0.433. The van der Waals surface area contributed by atoms with Crippen LogP contribution in [0.3, 0.4) is 0 Å². The molecule has 0 atom stereocenters. The molecule has 8 heavy (non-hydrogen) atoms. The molecule has 0 aromatic heterocycles. The Kier molecular flexibility index (Phi) is 4.35. The van der Waals surface area contributed by atoms with E-state index < -0.39 is 12.9 Å². The fourth-order valence-electron chi connectivity index (χ4n) is 0.166. The second-order valence-corrected chi connectivity index (χ2v) is 0.974. The van der Waals surface area contributed by atoms with Crippen LogP contribution in [0, 0.1) is 0 Å². The molecule has 0 spiro atoms. The lowest BCUT2D eigenvalue weighted by atomic mass is 10.7. The average Bonchev–Trinajstić information content (AvgIpc) is 1.66. The van der Waals surface area contributed by atoms with Gasteiger partial charge in [-0.25, -0.2) is 4.39 Å². The minimum atomic E-state index is -1.85. The van der Waals surface area contributed by atoms with E-state index in [2.05, 4.69) is 4.74 Å². The van der Waals surface area contributed by atoms with Crippen LogP contribution in [0.1, 0.15) is 0 Å². The van der Waals surface area contributed by atoms with Crippen molar-refractivity contribution in [3.63, 3.8) is 0 Å². The topological polar surface area (TPSA) is 9.23 Å². The summed E-state index contributed by atoms with van der Waals surface area (Å²) in [5.41, 5.74) is 0. The summed E-state index contributed by atoms with van der Waals surface area (Å²) in [6, 6.07) is 0. The summed E-state index contributed by atoms with van der Waals surface area (Å²) in [7, 11) is 0. The van der Waals surface area contributed by atoms with Gasteiger partial charge in [-0.05, 0) is 0 Å². The Hall–Kier alpha value is -0.510. The molecule has 0 radical (unpaired) electrons. The molecule has 48 valence electrons. The van der Waals surface area contributed by atoms with Crippen molar-refractivity contribution in [1.29, 1.82) is 0 Å². The molecule has 0 fully saturated rings. The highest BCUT2D eigenvalue weighted by Gasteiger charge is 1.85. The Balaban J connectivity index is 3.03. The molecule has 0 unspecified atom stereocenters. The van der Waals surface area contributed by atoms with E-state index in [1.54, 1.807) is 0 Å². The van der Waals surface area contributed by atoms with Gasteiger partial charge in [-0.3, -0.25) is 0 Å². The molecule has 0 saturated carbocycles. The Morgan fingerprint density at radius 2 is 2.12 bits per heavy atom. The highest BCUT2D eigenvalue weighted by Crippen LogP contribution is 1.94. The Labute approximate surface area is 44.8 Å². The Morgan fingerprint density at radius 1 is 1.50 bits per heavy atom. The summed E-state index contributed by atoms with van der Waals surface area (Å²) in [6.07, 6.45) is -1.35. The highest BCUT2D eigenvalue weighted by molar-refractivity contribution is 4.79. The molecule has 0 aromatic carbocycles. The van der Waals surface area contributed by atoms with E-state index in [1.807, 2.05) is 0 Å². The van der Waals surface area contributed by atoms with Crippen LogP contribution in [0.4, 0.5) is 13.2 Å². The summed E-state index contributed by atoms with van der Waals surface area (Å²) < 4.78 is 36.9. The minimum Gasteiger partial charge on any atom is -0.346 e. The monoisotopic (exact) mass is 126 g/mol. The van der Waals surface area contributed by atoms with Crippen LogP contribution < -0.4 is 0 Å². The van der Waals surface area contributed by atoms with Crippen LogP contribution in [0.2, 0.25) is 0 Å². The third kappa shape index (κ3) is 5.49. The van der Waals surface area contributed by atoms with Gasteiger partial charge in [-0.15, -0.1) is 0 Å². The molecule has 0 heterocycles. The molecule has 0 aliphatic rings. The molecular formula is C4H5F3O. The van der Waals surface area contributed by atoms with Gasteiger partial charge in [0.1, 0.15) is 0 Å². The predicted molar refractivity (Wildman–Crippen MR) is 22.2 cm³/mol. The maximum absolute atomic E-state index is 11.0. The molecule has 4 heteroatoms. The predicted octanol–water partition coefficient (Wildman–Crippen LogP) is 1.71. The molecule has 0 N–H and O–H groups in total. The first kappa shape index (κ1) is 7.49. The fraction of sp³-hybridized carbons (Fsp3) is 0.500. The molecule has 0 rings (SSSR count). The number of halogens is 3. The second-order valence-electron chi connectivity index (χ2n) is 0.974. The van der Waals surface area contributed by atoms with Gasteiger partial charge < -0.3 is 4.74 Å². The maximum atomic E-state index is 11.0. The van der Waals surface area contributed by atoms with Gasteiger partial charge in [0.25, 0.3) is 6.08 Å². The lowest BCUT2D eigenvalue weighted by molar-refractivity contribution is 0.0762. The van der Waals surface area contributed by atoms with Crippen molar-refractivity contribution in [2.45, 2.75) is 0 Å². The number of alkyl halides is 1. The van der Waals surface area contributed by atoms with Crippen molar-refractivity contribution in [2.24, 2.45) is 0 Å². The molecule has 0 aliphatic heterocycles. The van der Waals surface area contributed by atoms with Gasteiger partial charge in [0, 0.05) is 6.08 Å². The third-order valence-electron chi connectivity index (χ3n) is 0.433. The van der Waals surface area contributed by atoms with E-state index in [9.17, 15) is 13.2 Å². The maximum Gasteiger partial charge on any atom is 0.268 e. The summed E-state index contributed by atoms with van der Waals surface area (Å²) in [5, 5.41) is 0. The van der Waals surface area contributed by atoms with Crippen LogP contribution >= 0.6 is 0 Å². The number of rotatable bonds is 3. The smallest absolute Gasteiger partial charge is 0.268 e. The molecular weight excluding hydrogens is 121 g/mol. The first-order chi connectivity index (χ1) is 3.77. The number of ether oxygens (including phenoxy) is 1. The van der Waals surface area contributed by atoms with Gasteiger partial charge in [0.2, 0.25) is 0 Å². The largest absolute Gasteiger partial charge is 0.346 e. The molecule has 0 aliphatic carbocycles. The summed E-state index contributed by atoms with van der Waals surface area (Å²) >= 11 is 0. The van der Waals surface area contributed by atoms with Gasteiger partial charge in [0.15, 0.2) is 6.86 Å². The van der Waals surface area contributed by atoms with Crippen molar-refractivity contribution in [2.75, 3.05) is 13.5 Å². The van der Waals surface area contributed by atoms with Crippen LogP contribution in [0.5, 0.6) is 0 Å². The van der Waals surface area contributed by atoms with Crippen molar-refractivity contribution in [3.05, 3.63) is 12.2 Å². The summed E-state index contributed by atoms with van der Waals surface area (Å²) in [4.78, 5) is 0. The van der Waals surface area contributed by atoms with E-state index in [1.165, 1.54) is 0 Å². The van der Waals surface area contributed by atoms with E-state index >= 15 is 0 Å². The van der Waals surface area contributed by atoms with Gasteiger partial charge in [-0.2, -0.15) is 8.78 Å². The minimum absolute atomic E-state index is 0.362. The molecule has 1 nitrogen and oxygen atoms in total. The molecule has 0 saturated heterocycles. The van der Waals surface area contributed by atoms with Gasteiger partial charge >= 0.3 is 0 Å². The normalized spacial score (nSPS) is 8.88. The van der Waals surface area contributed by atoms with E-state index in [0.29, 0.717) is 6.08 Å². The first-order valence-corrected chi connectivity index (χ1v) is 1.92. The lowest BCUT2D eigenvalue weighted by Gasteiger charge is -1.87. The summed E-state index contributed by atoms with van der Waals surface area (Å²) in [5.74, 6) is 0.